The van der Waals surface area contributed by atoms with E-state index in [1.165, 1.54) is 11.3 Å². The summed E-state index contributed by atoms with van der Waals surface area (Å²) in [5.74, 6) is -0.0277. The van der Waals surface area contributed by atoms with Gasteiger partial charge in [-0.05, 0) is 31.0 Å². The van der Waals surface area contributed by atoms with E-state index in [2.05, 4.69) is 15.6 Å². The molecule has 1 aromatic carbocycles. The van der Waals surface area contributed by atoms with Gasteiger partial charge >= 0.3 is 0 Å². The zero-order chi connectivity index (χ0) is 16.1. The van der Waals surface area contributed by atoms with E-state index in [1.807, 2.05) is 29.6 Å². The van der Waals surface area contributed by atoms with Gasteiger partial charge in [0.15, 0.2) is 5.13 Å². The van der Waals surface area contributed by atoms with E-state index in [0.717, 1.165) is 36.0 Å². The predicted octanol–water partition coefficient (Wildman–Crippen LogP) is 3.38. The highest BCUT2D eigenvalue weighted by Gasteiger charge is 2.16. The maximum absolute atomic E-state index is 11.9. The molecular formula is C16H18ClN3O2S. The highest BCUT2D eigenvalue weighted by atomic mass is 35.5. The average molecular weight is 352 g/mol. The molecule has 122 valence electrons. The van der Waals surface area contributed by atoms with Crippen LogP contribution in [0.5, 0.6) is 0 Å². The lowest BCUT2D eigenvalue weighted by Crippen LogP contribution is -2.32. The van der Waals surface area contributed by atoms with Crippen LogP contribution >= 0.6 is 22.9 Å². The molecule has 1 aliphatic heterocycles. The number of anilines is 2. The lowest BCUT2D eigenvalue weighted by Gasteiger charge is -2.10. The average Bonchev–Trinajstić information content (AvgIpc) is 3.17. The summed E-state index contributed by atoms with van der Waals surface area (Å²) >= 11 is 7.42. The molecule has 3 rings (SSSR count). The summed E-state index contributed by atoms with van der Waals surface area (Å²) in [5, 5.41) is 9.39. The van der Waals surface area contributed by atoms with Gasteiger partial charge in [0.05, 0.1) is 18.2 Å². The van der Waals surface area contributed by atoms with Crippen molar-refractivity contribution in [3.63, 3.8) is 0 Å². The number of nitrogens with one attached hydrogen (secondary N) is 2. The Kier molecular flexibility index (Phi) is 5.48. The first-order chi connectivity index (χ1) is 11.2. The van der Waals surface area contributed by atoms with Crippen LogP contribution in [-0.2, 0) is 16.0 Å². The Morgan fingerprint density at radius 2 is 2.39 bits per heavy atom. The third kappa shape index (κ3) is 4.92. The first-order valence-electron chi connectivity index (χ1n) is 7.54. The number of rotatable bonds is 6. The van der Waals surface area contributed by atoms with Gasteiger partial charge in [-0.2, -0.15) is 0 Å². The smallest absolute Gasteiger partial charge is 0.226 e. The lowest BCUT2D eigenvalue weighted by molar-refractivity contribution is -0.121. The Labute approximate surface area is 144 Å². The largest absolute Gasteiger partial charge is 0.376 e. The fourth-order valence-electron chi connectivity index (χ4n) is 2.40. The Bertz CT molecular complexity index is 671. The quantitative estimate of drug-likeness (QED) is 0.837. The summed E-state index contributed by atoms with van der Waals surface area (Å²) in [6, 6.07) is 7.44. The van der Waals surface area contributed by atoms with Crippen molar-refractivity contribution in [3.05, 3.63) is 40.4 Å². The number of benzene rings is 1. The van der Waals surface area contributed by atoms with E-state index in [9.17, 15) is 4.79 Å². The van der Waals surface area contributed by atoms with E-state index in [-0.39, 0.29) is 18.4 Å². The Morgan fingerprint density at radius 1 is 1.48 bits per heavy atom. The molecule has 0 unspecified atom stereocenters. The molecule has 2 heterocycles. The number of hydrogen-bond donors (Lipinski definition) is 2. The molecule has 23 heavy (non-hydrogen) atoms. The number of ether oxygens (including phenoxy) is 1. The predicted molar refractivity (Wildman–Crippen MR) is 92.5 cm³/mol. The molecule has 1 saturated heterocycles. The van der Waals surface area contributed by atoms with Gasteiger partial charge in [-0.15, -0.1) is 11.3 Å². The summed E-state index contributed by atoms with van der Waals surface area (Å²) < 4.78 is 5.48. The molecule has 0 aliphatic carbocycles. The van der Waals surface area contributed by atoms with E-state index < -0.39 is 0 Å². The third-order valence-corrected chi connectivity index (χ3v) is 4.56. The van der Waals surface area contributed by atoms with Gasteiger partial charge < -0.3 is 15.4 Å². The second-order valence-corrected chi connectivity index (χ2v) is 6.69. The van der Waals surface area contributed by atoms with E-state index in [1.54, 1.807) is 0 Å². The van der Waals surface area contributed by atoms with Crippen molar-refractivity contribution < 1.29 is 9.53 Å². The first-order valence-corrected chi connectivity index (χ1v) is 8.80. The number of thiazole rings is 1. The van der Waals surface area contributed by atoms with Crippen molar-refractivity contribution in [1.29, 1.82) is 0 Å². The molecule has 7 heteroatoms. The summed E-state index contributed by atoms with van der Waals surface area (Å²) in [4.78, 5) is 16.4. The molecule has 0 spiro atoms. The van der Waals surface area contributed by atoms with Crippen LogP contribution in [0.15, 0.2) is 29.6 Å². The maximum atomic E-state index is 11.9. The minimum absolute atomic E-state index is 0.0277. The first kappa shape index (κ1) is 16.2. The molecule has 1 amide bonds. The number of carbonyl (C=O) groups is 1. The van der Waals surface area contributed by atoms with Crippen LogP contribution in [-0.4, -0.2) is 30.1 Å². The van der Waals surface area contributed by atoms with Crippen LogP contribution in [0.1, 0.15) is 18.5 Å². The fraction of sp³-hybridized carbons (Fsp3) is 0.375. The summed E-state index contributed by atoms with van der Waals surface area (Å²) in [6.07, 6.45) is 2.53. The molecule has 0 bridgehead atoms. The van der Waals surface area contributed by atoms with Crippen molar-refractivity contribution >= 4 is 39.7 Å². The van der Waals surface area contributed by atoms with Gasteiger partial charge in [0.2, 0.25) is 5.91 Å². The van der Waals surface area contributed by atoms with Crippen LogP contribution in [0.3, 0.4) is 0 Å². The Balaban J connectivity index is 1.49. The van der Waals surface area contributed by atoms with Gasteiger partial charge in [-0.25, -0.2) is 4.98 Å². The van der Waals surface area contributed by atoms with Crippen LogP contribution in [0.4, 0.5) is 10.8 Å². The van der Waals surface area contributed by atoms with Crippen LogP contribution in [0.25, 0.3) is 0 Å². The molecule has 2 aromatic rings. The van der Waals surface area contributed by atoms with Gasteiger partial charge in [0, 0.05) is 29.2 Å². The minimum Gasteiger partial charge on any atom is -0.376 e. The van der Waals surface area contributed by atoms with Crippen molar-refractivity contribution in [2.45, 2.75) is 25.4 Å². The van der Waals surface area contributed by atoms with Crippen molar-refractivity contribution in [2.24, 2.45) is 0 Å². The second-order valence-electron chi connectivity index (χ2n) is 5.40. The van der Waals surface area contributed by atoms with E-state index >= 15 is 0 Å². The molecule has 1 fully saturated rings. The summed E-state index contributed by atoms with van der Waals surface area (Å²) in [7, 11) is 0. The highest BCUT2D eigenvalue weighted by Crippen LogP contribution is 2.23. The summed E-state index contributed by atoms with van der Waals surface area (Å²) in [5.41, 5.74) is 1.63. The fourth-order valence-corrected chi connectivity index (χ4v) is 3.32. The SMILES string of the molecule is O=C(Cc1csc(Nc2cccc(Cl)c2)n1)NC[C@@H]1CCCO1. The number of aromatic nitrogens is 1. The molecule has 1 aliphatic rings. The van der Waals surface area contributed by atoms with Crippen molar-refractivity contribution in [2.75, 3.05) is 18.5 Å². The monoisotopic (exact) mass is 351 g/mol. The Morgan fingerprint density at radius 3 is 3.17 bits per heavy atom. The lowest BCUT2D eigenvalue weighted by atomic mass is 10.2. The van der Waals surface area contributed by atoms with E-state index in [0.29, 0.717) is 11.6 Å². The standard InChI is InChI=1S/C16H18ClN3O2S/c17-11-3-1-4-12(7-11)19-16-20-13(10-23-16)8-15(21)18-9-14-5-2-6-22-14/h1,3-4,7,10,14H,2,5-6,8-9H2,(H,18,21)(H,19,20)/t14-/m0/s1. The van der Waals surface area contributed by atoms with E-state index in [4.69, 9.17) is 16.3 Å². The van der Waals surface area contributed by atoms with Gasteiger partial charge in [-0.1, -0.05) is 17.7 Å². The number of carbonyl (C=O) groups excluding carboxylic acids is 1. The maximum Gasteiger partial charge on any atom is 0.226 e. The van der Waals surface area contributed by atoms with Crippen molar-refractivity contribution in [1.82, 2.24) is 10.3 Å². The molecule has 0 radical (unpaired) electrons. The zero-order valence-corrected chi connectivity index (χ0v) is 14.1. The Hall–Kier alpha value is -1.63. The summed E-state index contributed by atoms with van der Waals surface area (Å²) in [6.45, 7) is 1.38. The van der Waals surface area contributed by atoms with Crippen molar-refractivity contribution in [3.8, 4) is 0 Å². The van der Waals surface area contributed by atoms with Crippen LogP contribution in [0.2, 0.25) is 5.02 Å². The molecule has 0 saturated carbocycles. The molecule has 5 nitrogen and oxygen atoms in total. The molecule has 1 atom stereocenters. The van der Waals surface area contributed by atoms with Gasteiger partial charge in [0.1, 0.15) is 0 Å². The normalized spacial score (nSPS) is 17.2. The van der Waals surface area contributed by atoms with Crippen LogP contribution < -0.4 is 10.6 Å². The number of halogens is 1. The number of amides is 1. The zero-order valence-electron chi connectivity index (χ0n) is 12.5. The van der Waals surface area contributed by atoms with Gasteiger partial charge in [0.25, 0.3) is 0 Å². The molecular weight excluding hydrogens is 334 g/mol. The topological polar surface area (TPSA) is 63.2 Å². The number of nitrogens with zero attached hydrogens (tertiary/aromatic N) is 1. The number of hydrogen-bond acceptors (Lipinski definition) is 5. The van der Waals surface area contributed by atoms with Crippen LogP contribution in [0, 0.1) is 0 Å². The third-order valence-electron chi connectivity index (χ3n) is 3.52. The van der Waals surface area contributed by atoms with Gasteiger partial charge in [-0.3, -0.25) is 4.79 Å². The minimum atomic E-state index is -0.0277. The molecule has 2 N–H and O–H groups in total. The second kappa shape index (κ2) is 7.77. The molecule has 1 aromatic heterocycles. The highest BCUT2D eigenvalue weighted by molar-refractivity contribution is 7.13.